The van der Waals surface area contributed by atoms with Crippen molar-refractivity contribution >= 4 is 23.1 Å². The zero-order valence-corrected chi connectivity index (χ0v) is 11.7. The van der Waals surface area contributed by atoms with E-state index in [2.05, 4.69) is 5.32 Å². The second-order valence-electron chi connectivity index (χ2n) is 4.78. The molecule has 3 N–H and O–H groups in total. The van der Waals surface area contributed by atoms with E-state index in [-0.39, 0.29) is 17.7 Å². The molecule has 0 spiro atoms. The van der Waals surface area contributed by atoms with Gasteiger partial charge in [-0.2, -0.15) is 0 Å². The maximum atomic E-state index is 12.2. The minimum atomic E-state index is -0.150. The number of amides is 1. The van der Waals surface area contributed by atoms with E-state index in [1.54, 1.807) is 0 Å². The standard InChI is InChI=1S/C14H18N2O2S/c1-9(13(15)19)8-16-14(17)11-6-7-18-12-5-3-2-4-10(11)12/h2-5,9,11H,6-8H2,1H3,(H2,15,19)(H,16,17). The largest absolute Gasteiger partial charge is 0.493 e. The van der Waals surface area contributed by atoms with E-state index < -0.39 is 0 Å². The Kier molecular flexibility index (Phi) is 4.37. The van der Waals surface area contributed by atoms with Crippen LogP contribution in [0.1, 0.15) is 24.8 Å². The first-order valence-electron chi connectivity index (χ1n) is 6.38. The molecule has 0 aromatic heterocycles. The van der Waals surface area contributed by atoms with Gasteiger partial charge in [0.1, 0.15) is 5.75 Å². The molecule has 1 aliphatic rings. The molecule has 0 saturated carbocycles. The van der Waals surface area contributed by atoms with Gasteiger partial charge in [-0.25, -0.2) is 0 Å². The molecular formula is C14H18N2O2S. The number of benzene rings is 1. The van der Waals surface area contributed by atoms with Gasteiger partial charge in [-0.3, -0.25) is 4.79 Å². The first-order valence-corrected chi connectivity index (χ1v) is 6.79. The van der Waals surface area contributed by atoms with E-state index in [4.69, 9.17) is 22.7 Å². The lowest BCUT2D eigenvalue weighted by Crippen LogP contribution is -2.37. The van der Waals surface area contributed by atoms with Crippen LogP contribution in [0.4, 0.5) is 0 Å². The predicted molar refractivity (Wildman–Crippen MR) is 78.3 cm³/mol. The van der Waals surface area contributed by atoms with E-state index in [1.165, 1.54) is 0 Å². The first kappa shape index (κ1) is 13.8. The molecule has 4 nitrogen and oxygen atoms in total. The van der Waals surface area contributed by atoms with Crippen molar-refractivity contribution in [2.75, 3.05) is 13.2 Å². The summed E-state index contributed by atoms with van der Waals surface area (Å²) in [6, 6.07) is 7.67. The molecule has 1 heterocycles. The Morgan fingerprint density at radius 3 is 3.05 bits per heavy atom. The summed E-state index contributed by atoms with van der Waals surface area (Å²) in [7, 11) is 0. The van der Waals surface area contributed by atoms with E-state index in [9.17, 15) is 4.79 Å². The molecule has 0 radical (unpaired) electrons. The van der Waals surface area contributed by atoms with Crippen molar-refractivity contribution in [1.29, 1.82) is 0 Å². The lowest BCUT2D eigenvalue weighted by atomic mass is 9.92. The van der Waals surface area contributed by atoms with Gasteiger partial charge in [-0.05, 0) is 12.5 Å². The third-order valence-electron chi connectivity index (χ3n) is 3.34. The van der Waals surface area contributed by atoms with Gasteiger partial charge in [-0.1, -0.05) is 37.3 Å². The van der Waals surface area contributed by atoms with Gasteiger partial charge in [0.2, 0.25) is 5.91 Å². The Morgan fingerprint density at radius 1 is 1.58 bits per heavy atom. The minimum absolute atomic E-state index is 0.00837. The Hall–Kier alpha value is -1.62. The summed E-state index contributed by atoms with van der Waals surface area (Å²) in [5.41, 5.74) is 6.49. The molecule has 2 atom stereocenters. The summed E-state index contributed by atoms with van der Waals surface area (Å²) in [6.07, 6.45) is 0.699. The average Bonchev–Trinajstić information content (AvgIpc) is 2.43. The van der Waals surface area contributed by atoms with Crippen LogP contribution in [0.3, 0.4) is 0 Å². The van der Waals surface area contributed by atoms with Gasteiger partial charge >= 0.3 is 0 Å². The molecule has 2 unspecified atom stereocenters. The van der Waals surface area contributed by atoms with Gasteiger partial charge < -0.3 is 15.8 Å². The zero-order valence-electron chi connectivity index (χ0n) is 10.9. The molecule has 19 heavy (non-hydrogen) atoms. The summed E-state index contributed by atoms with van der Waals surface area (Å²) in [5.74, 6) is 0.674. The summed E-state index contributed by atoms with van der Waals surface area (Å²) in [5, 5.41) is 2.91. The van der Waals surface area contributed by atoms with Crippen molar-refractivity contribution in [3.63, 3.8) is 0 Å². The molecule has 1 aromatic rings. The number of carbonyl (C=O) groups excluding carboxylic acids is 1. The third-order valence-corrected chi connectivity index (χ3v) is 3.75. The third kappa shape index (κ3) is 3.23. The van der Waals surface area contributed by atoms with Gasteiger partial charge in [0.15, 0.2) is 0 Å². The number of hydrogen-bond donors (Lipinski definition) is 2. The minimum Gasteiger partial charge on any atom is -0.493 e. The predicted octanol–water partition coefficient (Wildman–Crippen LogP) is 1.59. The molecule has 0 saturated heterocycles. The number of rotatable bonds is 4. The van der Waals surface area contributed by atoms with E-state index >= 15 is 0 Å². The monoisotopic (exact) mass is 278 g/mol. The number of nitrogens with one attached hydrogen (secondary N) is 1. The zero-order chi connectivity index (χ0) is 13.8. The van der Waals surface area contributed by atoms with Crippen LogP contribution in [0.2, 0.25) is 0 Å². The second kappa shape index (κ2) is 6.02. The lowest BCUT2D eigenvalue weighted by Gasteiger charge is -2.25. The van der Waals surface area contributed by atoms with Gasteiger partial charge in [0, 0.05) is 18.0 Å². The number of para-hydroxylation sites is 1. The quantitative estimate of drug-likeness (QED) is 0.821. The molecule has 5 heteroatoms. The molecule has 0 fully saturated rings. The van der Waals surface area contributed by atoms with Crippen LogP contribution < -0.4 is 15.8 Å². The van der Waals surface area contributed by atoms with Crippen molar-refractivity contribution < 1.29 is 9.53 Å². The molecular weight excluding hydrogens is 260 g/mol. The van der Waals surface area contributed by atoms with E-state index in [0.29, 0.717) is 24.6 Å². The Labute approximate surface area is 118 Å². The summed E-state index contributed by atoms with van der Waals surface area (Å²) in [4.78, 5) is 12.7. The van der Waals surface area contributed by atoms with Crippen LogP contribution in [0, 0.1) is 5.92 Å². The maximum Gasteiger partial charge on any atom is 0.227 e. The second-order valence-corrected chi connectivity index (χ2v) is 5.25. The molecule has 0 bridgehead atoms. The van der Waals surface area contributed by atoms with Crippen LogP contribution in [0.5, 0.6) is 5.75 Å². The Balaban J connectivity index is 2.03. The molecule has 1 aromatic carbocycles. The normalized spacial score (nSPS) is 18.9. The maximum absolute atomic E-state index is 12.2. The number of fused-ring (bicyclic) bond motifs is 1. The number of carbonyl (C=O) groups is 1. The fraction of sp³-hybridized carbons (Fsp3) is 0.429. The highest BCUT2D eigenvalue weighted by Gasteiger charge is 2.27. The molecule has 102 valence electrons. The van der Waals surface area contributed by atoms with E-state index in [1.807, 2.05) is 31.2 Å². The van der Waals surface area contributed by atoms with Crippen LogP contribution in [0.25, 0.3) is 0 Å². The highest BCUT2D eigenvalue weighted by molar-refractivity contribution is 7.80. The number of hydrogen-bond acceptors (Lipinski definition) is 3. The van der Waals surface area contributed by atoms with Crippen molar-refractivity contribution in [1.82, 2.24) is 5.32 Å². The van der Waals surface area contributed by atoms with Gasteiger partial charge in [-0.15, -0.1) is 0 Å². The van der Waals surface area contributed by atoms with Crippen molar-refractivity contribution in [3.8, 4) is 5.75 Å². The number of ether oxygens (including phenoxy) is 1. The first-order chi connectivity index (χ1) is 9.09. The number of thiocarbonyl (C=S) groups is 1. The topological polar surface area (TPSA) is 64.3 Å². The van der Waals surface area contributed by atoms with Crippen LogP contribution in [-0.4, -0.2) is 24.0 Å². The van der Waals surface area contributed by atoms with Gasteiger partial charge in [0.05, 0.1) is 17.5 Å². The van der Waals surface area contributed by atoms with Crippen LogP contribution >= 0.6 is 12.2 Å². The van der Waals surface area contributed by atoms with Crippen LogP contribution in [0.15, 0.2) is 24.3 Å². The Bertz CT molecular complexity index is 490. The summed E-state index contributed by atoms with van der Waals surface area (Å²) >= 11 is 4.90. The SMILES string of the molecule is CC(CNC(=O)C1CCOc2ccccc21)C(N)=S. The molecule has 2 rings (SSSR count). The highest BCUT2D eigenvalue weighted by Crippen LogP contribution is 2.33. The Morgan fingerprint density at radius 2 is 2.32 bits per heavy atom. The van der Waals surface area contributed by atoms with Crippen LogP contribution in [-0.2, 0) is 4.79 Å². The van der Waals surface area contributed by atoms with E-state index in [0.717, 1.165) is 11.3 Å². The fourth-order valence-corrected chi connectivity index (χ4v) is 2.18. The van der Waals surface area contributed by atoms with Crippen molar-refractivity contribution in [2.45, 2.75) is 19.3 Å². The average molecular weight is 278 g/mol. The fourth-order valence-electron chi connectivity index (χ4n) is 2.09. The van der Waals surface area contributed by atoms with Crippen molar-refractivity contribution in [3.05, 3.63) is 29.8 Å². The summed E-state index contributed by atoms with van der Waals surface area (Å²) < 4.78 is 5.55. The molecule has 1 amide bonds. The number of nitrogens with two attached hydrogens (primary N) is 1. The highest BCUT2D eigenvalue weighted by atomic mass is 32.1. The summed E-state index contributed by atoms with van der Waals surface area (Å²) in [6.45, 7) is 2.95. The smallest absolute Gasteiger partial charge is 0.227 e. The van der Waals surface area contributed by atoms with Crippen molar-refractivity contribution in [2.24, 2.45) is 11.7 Å². The lowest BCUT2D eigenvalue weighted by molar-refractivity contribution is -0.123. The van der Waals surface area contributed by atoms with Gasteiger partial charge in [0.25, 0.3) is 0 Å². The molecule has 0 aliphatic carbocycles. The molecule has 1 aliphatic heterocycles.